The minimum absolute atomic E-state index is 0.0216. The SMILES string of the molecule is NC(=O)c1cc(NC2CCNC2=O)nc(-c2ccc(N3Cc4cc(Cl)ccc4OCC3=O)cc2)n1. The van der Waals surface area contributed by atoms with E-state index in [1.807, 2.05) is 0 Å². The lowest BCUT2D eigenvalue weighted by molar-refractivity contribution is -0.120. The van der Waals surface area contributed by atoms with E-state index < -0.39 is 11.9 Å². The number of hydrogen-bond donors (Lipinski definition) is 3. The zero-order chi connectivity index (χ0) is 24.5. The number of amides is 3. The fraction of sp³-hybridized carbons (Fsp3) is 0.208. The number of nitrogens with two attached hydrogens (primary N) is 1. The molecule has 2 aromatic carbocycles. The normalized spacial score (nSPS) is 17.3. The molecule has 1 unspecified atom stereocenters. The van der Waals surface area contributed by atoms with Crippen molar-refractivity contribution in [3.05, 3.63) is 64.8 Å². The van der Waals surface area contributed by atoms with Crippen LogP contribution in [0.3, 0.4) is 0 Å². The Kier molecular flexibility index (Phi) is 5.96. The monoisotopic (exact) mass is 492 g/mol. The summed E-state index contributed by atoms with van der Waals surface area (Å²) in [7, 11) is 0. The molecule has 0 radical (unpaired) electrons. The highest BCUT2D eigenvalue weighted by molar-refractivity contribution is 6.30. The molecule has 3 amide bonds. The van der Waals surface area contributed by atoms with Gasteiger partial charge in [0.2, 0.25) is 5.91 Å². The topological polar surface area (TPSA) is 140 Å². The van der Waals surface area contributed by atoms with Gasteiger partial charge in [-0.05, 0) is 48.9 Å². The number of carbonyl (C=O) groups is 3. The van der Waals surface area contributed by atoms with Crippen molar-refractivity contribution < 1.29 is 19.1 Å². The van der Waals surface area contributed by atoms with Crippen LogP contribution >= 0.6 is 11.6 Å². The lowest BCUT2D eigenvalue weighted by atomic mass is 10.1. The van der Waals surface area contributed by atoms with E-state index in [1.165, 1.54) is 6.07 Å². The first kappa shape index (κ1) is 22.6. The van der Waals surface area contributed by atoms with Crippen LogP contribution in [0.25, 0.3) is 11.4 Å². The predicted octanol–water partition coefficient (Wildman–Crippen LogP) is 2.12. The Hall–Kier alpha value is -4.18. The third-order valence-corrected chi connectivity index (χ3v) is 6.02. The minimum Gasteiger partial charge on any atom is -0.483 e. The average molecular weight is 493 g/mol. The largest absolute Gasteiger partial charge is 0.483 e. The number of ether oxygens (including phenoxy) is 1. The van der Waals surface area contributed by atoms with Crippen LogP contribution in [0.4, 0.5) is 11.5 Å². The molecule has 35 heavy (non-hydrogen) atoms. The van der Waals surface area contributed by atoms with Crippen molar-refractivity contribution in [1.29, 1.82) is 0 Å². The standard InChI is InChI=1S/C24H21ClN6O4/c25-15-3-6-19-14(9-15)11-31(21(32)12-35-19)16-4-1-13(2-5-16)23-29-18(22(26)33)10-20(30-23)28-17-7-8-27-24(17)34/h1-6,9-10,17H,7-8,11-12H2,(H2,26,33)(H,27,34)(H,28,29,30). The van der Waals surface area contributed by atoms with Gasteiger partial charge in [-0.1, -0.05) is 11.6 Å². The Morgan fingerprint density at radius 1 is 1.14 bits per heavy atom. The molecule has 1 aromatic heterocycles. The highest BCUT2D eigenvalue weighted by Crippen LogP contribution is 2.30. The summed E-state index contributed by atoms with van der Waals surface area (Å²) in [5.41, 5.74) is 7.55. The number of benzene rings is 2. The van der Waals surface area contributed by atoms with Crippen LogP contribution in [-0.4, -0.2) is 46.9 Å². The highest BCUT2D eigenvalue weighted by Gasteiger charge is 2.25. The van der Waals surface area contributed by atoms with Crippen LogP contribution in [0.5, 0.6) is 5.75 Å². The first-order valence-electron chi connectivity index (χ1n) is 10.9. The quantitative estimate of drug-likeness (QED) is 0.495. The molecular weight excluding hydrogens is 472 g/mol. The molecule has 5 rings (SSSR count). The van der Waals surface area contributed by atoms with Crippen molar-refractivity contribution >= 4 is 40.8 Å². The van der Waals surface area contributed by atoms with E-state index in [0.717, 1.165) is 5.56 Å². The number of hydrogen-bond acceptors (Lipinski definition) is 7. The zero-order valence-electron chi connectivity index (χ0n) is 18.5. The number of rotatable bonds is 5. The van der Waals surface area contributed by atoms with Gasteiger partial charge >= 0.3 is 0 Å². The van der Waals surface area contributed by atoms with Crippen LogP contribution in [0.2, 0.25) is 5.02 Å². The molecule has 0 saturated carbocycles. The summed E-state index contributed by atoms with van der Waals surface area (Å²) in [6, 6.07) is 13.2. The summed E-state index contributed by atoms with van der Waals surface area (Å²) in [6.45, 7) is 0.776. The molecule has 2 aliphatic rings. The van der Waals surface area contributed by atoms with Gasteiger partial charge in [0.05, 0.1) is 6.54 Å². The first-order valence-corrected chi connectivity index (χ1v) is 11.3. The van der Waals surface area contributed by atoms with Crippen molar-refractivity contribution in [3.8, 4) is 17.1 Å². The van der Waals surface area contributed by atoms with Crippen LogP contribution in [-0.2, 0) is 16.1 Å². The van der Waals surface area contributed by atoms with Gasteiger partial charge < -0.3 is 26.0 Å². The Morgan fingerprint density at radius 2 is 1.94 bits per heavy atom. The molecular formula is C24H21ClN6O4. The van der Waals surface area contributed by atoms with Gasteiger partial charge in [-0.2, -0.15) is 0 Å². The van der Waals surface area contributed by atoms with Crippen molar-refractivity contribution in [2.24, 2.45) is 5.73 Å². The Bertz CT molecular complexity index is 1330. The third kappa shape index (κ3) is 4.73. The summed E-state index contributed by atoms with van der Waals surface area (Å²) in [5, 5.41) is 6.34. The maximum absolute atomic E-state index is 12.7. The number of primary amides is 1. The third-order valence-electron chi connectivity index (χ3n) is 5.79. The van der Waals surface area contributed by atoms with Gasteiger partial charge in [0, 0.05) is 34.4 Å². The fourth-order valence-corrected chi connectivity index (χ4v) is 4.20. The van der Waals surface area contributed by atoms with E-state index in [1.54, 1.807) is 47.4 Å². The Morgan fingerprint density at radius 3 is 2.66 bits per heavy atom. The number of anilines is 2. The predicted molar refractivity (Wildman–Crippen MR) is 129 cm³/mol. The summed E-state index contributed by atoms with van der Waals surface area (Å²) < 4.78 is 5.62. The molecule has 4 N–H and O–H groups in total. The van der Waals surface area contributed by atoms with Gasteiger partial charge in [-0.15, -0.1) is 0 Å². The lowest BCUT2D eigenvalue weighted by Gasteiger charge is -2.20. The number of aromatic nitrogens is 2. The van der Waals surface area contributed by atoms with Gasteiger partial charge in [-0.25, -0.2) is 9.97 Å². The summed E-state index contributed by atoms with van der Waals surface area (Å²) >= 11 is 6.12. The fourth-order valence-electron chi connectivity index (χ4n) is 4.00. The van der Waals surface area contributed by atoms with E-state index in [9.17, 15) is 14.4 Å². The Labute approximate surface area is 205 Å². The van der Waals surface area contributed by atoms with Crippen LogP contribution in [0.15, 0.2) is 48.5 Å². The van der Waals surface area contributed by atoms with Gasteiger partial charge in [0.15, 0.2) is 12.4 Å². The van der Waals surface area contributed by atoms with Gasteiger partial charge in [0.1, 0.15) is 23.3 Å². The second-order valence-electron chi connectivity index (χ2n) is 8.17. The maximum Gasteiger partial charge on any atom is 0.267 e. The molecule has 0 aliphatic carbocycles. The molecule has 11 heteroatoms. The van der Waals surface area contributed by atoms with Gasteiger partial charge in [0.25, 0.3) is 11.8 Å². The molecule has 2 aliphatic heterocycles. The van der Waals surface area contributed by atoms with Crippen molar-refractivity contribution in [2.45, 2.75) is 19.0 Å². The maximum atomic E-state index is 12.7. The van der Waals surface area contributed by atoms with Gasteiger partial charge in [-0.3, -0.25) is 14.4 Å². The zero-order valence-corrected chi connectivity index (χ0v) is 19.2. The highest BCUT2D eigenvalue weighted by atomic mass is 35.5. The van der Waals surface area contributed by atoms with Crippen LogP contribution < -0.4 is 26.0 Å². The molecule has 178 valence electrons. The number of halogens is 1. The molecule has 3 heterocycles. The molecule has 0 spiro atoms. The average Bonchev–Trinajstić information content (AvgIpc) is 3.17. The molecule has 0 bridgehead atoms. The van der Waals surface area contributed by atoms with Crippen molar-refractivity contribution in [3.63, 3.8) is 0 Å². The molecule has 3 aromatic rings. The van der Waals surface area contributed by atoms with E-state index in [-0.39, 0.29) is 29.9 Å². The number of carbonyl (C=O) groups excluding carboxylic acids is 3. The number of fused-ring (bicyclic) bond motifs is 1. The van der Waals surface area contributed by atoms with Crippen molar-refractivity contribution in [2.75, 3.05) is 23.4 Å². The molecule has 1 saturated heterocycles. The van der Waals surface area contributed by atoms with E-state index >= 15 is 0 Å². The number of nitrogens with zero attached hydrogens (tertiary/aromatic N) is 3. The van der Waals surface area contributed by atoms with Crippen LogP contribution in [0.1, 0.15) is 22.5 Å². The minimum atomic E-state index is -0.711. The summed E-state index contributed by atoms with van der Waals surface area (Å²) in [6.07, 6.45) is 0.598. The summed E-state index contributed by atoms with van der Waals surface area (Å²) in [4.78, 5) is 46.9. The molecule has 1 fully saturated rings. The van der Waals surface area contributed by atoms with E-state index in [0.29, 0.717) is 47.4 Å². The molecule has 1 atom stereocenters. The lowest BCUT2D eigenvalue weighted by Crippen LogP contribution is -2.32. The smallest absolute Gasteiger partial charge is 0.267 e. The Balaban J connectivity index is 1.43. The van der Waals surface area contributed by atoms with Crippen LogP contribution in [0, 0.1) is 0 Å². The second-order valence-corrected chi connectivity index (χ2v) is 8.61. The summed E-state index contributed by atoms with van der Waals surface area (Å²) in [5.74, 6) is 0.160. The molecule has 10 nitrogen and oxygen atoms in total. The van der Waals surface area contributed by atoms with E-state index in [2.05, 4.69) is 20.6 Å². The number of nitrogens with one attached hydrogen (secondary N) is 2. The van der Waals surface area contributed by atoms with Crippen molar-refractivity contribution in [1.82, 2.24) is 15.3 Å². The first-order chi connectivity index (χ1) is 16.9. The van der Waals surface area contributed by atoms with E-state index in [4.69, 9.17) is 22.1 Å². The second kappa shape index (κ2) is 9.22.